The third kappa shape index (κ3) is 4.61. The Kier molecular flexibility index (Phi) is 5.99. The highest BCUT2D eigenvalue weighted by Gasteiger charge is 2.27. The highest BCUT2D eigenvalue weighted by atomic mass is 15.2. The van der Waals surface area contributed by atoms with Gasteiger partial charge in [-0.2, -0.15) is 0 Å². The molecular weight excluding hydrogens is 272 g/mol. The normalized spacial score (nSPS) is 28.7. The van der Waals surface area contributed by atoms with Crippen LogP contribution in [0.4, 0.5) is 0 Å². The molecule has 0 aromatic heterocycles. The maximum absolute atomic E-state index is 6.03. The molecule has 1 atom stereocenters. The van der Waals surface area contributed by atoms with Crippen LogP contribution < -0.4 is 11.1 Å². The van der Waals surface area contributed by atoms with Gasteiger partial charge in [-0.1, -0.05) is 25.7 Å². The lowest BCUT2D eigenvalue weighted by molar-refractivity contribution is 0.188. The molecule has 0 spiro atoms. The summed E-state index contributed by atoms with van der Waals surface area (Å²) < 4.78 is 0. The molecule has 22 heavy (non-hydrogen) atoms. The minimum atomic E-state index is 0.663. The largest absolute Gasteiger partial charge is 0.370 e. The van der Waals surface area contributed by atoms with Gasteiger partial charge in [-0.15, -0.1) is 0 Å². The van der Waals surface area contributed by atoms with Crippen LogP contribution in [0.25, 0.3) is 0 Å². The van der Waals surface area contributed by atoms with Gasteiger partial charge in [0, 0.05) is 25.7 Å². The van der Waals surface area contributed by atoms with Crippen LogP contribution in [0.1, 0.15) is 64.2 Å². The highest BCUT2D eigenvalue weighted by molar-refractivity contribution is 5.77. The SMILES string of the molecule is NC(=NCC1CCC1)NCC1CCCN1CC1CCCCC1. The van der Waals surface area contributed by atoms with Gasteiger partial charge in [0.2, 0.25) is 0 Å². The molecule has 0 aromatic carbocycles. The predicted molar refractivity (Wildman–Crippen MR) is 93.0 cm³/mol. The second kappa shape index (κ2) is 8.19. The number of nitrogens with one attached hydrogen (secondary N) is 1. The van der Waals surface area contributed by atoms with Gasteiger partial charge in [0.25, 0.3) is 0 Å². The number of nitrogens with zero attached hydrogens (tertiary/aromatic N) is 2. The summed E-state index contributed by atoms with van der Waals surface area (Å²) >= 11 is 0. The molecule has 1 aliphatic heterocycles. The molecule has 2 aliphatic carbocycles. The Balaban J connectivity index is 1.38. The van der Waals surface area contributed by atoms with Crippen molar-refractivity contribution in [2.24, 2.45) is 22.6 Å². The van der Waals surface area contributed by atoms with Crippen molar-refractivity contribution in [2.45, 2.75) is 70.3 Å². The van der Waals surface area contributed by atoms with Crippen LogP contribution in [-0.2, 0) is 0 Å². The van der Waals surface area contributed by atoms with Crippen molar-refractivity contribution in [3.8, 4) is 0 Å². The average molecular weight is 306 g/mol. The van der Waals surface area contributed by atoms with E-state index in [1.165, 1.54) is 77.3 Å². The van der Waals surface area contributed by atoms with Crippen molar-refractivity contribution in [2.75, 3.05) is 26.2 Å². The second-order valence-corrected chi connectivity index (χ2v) is 7.70. The molecule has 3 N–H and O–H groups in total. The third-order valence-electron chi connectivity index (χ3n) is 5.98. The number of aliphatic imine (C=N–C) groups is 1. The van der Waals surface area contributed by atoms with Gasteiger partial charge in [0.05, 0.1) is 0 Å². The molecule has 2 saturated carbocycles. The summed E-state index contributed by atoms with van der Waals surface area (Å²) in [5, 5.41) is 3.38. The van der Waals surface area contributed by atoms with Crippen LogP contribution >= 0.6 is 0 Å². The molecule has 4 nitrogen and oxygen atoms in total. The van der Waals surface area contributed by atoms with Crippen molar-refractivity contribution < 1.29 is 0 Å². The van der Waals surface area contributed by atoms with Gasteiger partial charge >= 0.3 is 0 Å². The summed E-state index contributed by atoms with van der Waals surface area (Å²) in [5.41, 5.74) is 6.03. The molecule has 0 radical (unpaired) electrons. The topological polar surface area (TPSA) is 53.6 Å². The molecule has 1 heterocycles. The average Bonchev–Trinajstić information content (AvgIpc) is 2.92. The van der Waals surface area contributed by atoms with E-state index in [4.69, 9.17) is 5.73 Å². The Hall–Kier alpha value is -0.770. The second-order valence-electron chi connectivity index (χ2n) is 7.70. The summed E-state index contributed by atoms with van der Waals surface area (Å²) in [6.07, 6.45) is 14.0. The monoisotopic (exact) mass is 306 g/mol. The smallest absolute Gasteiger partial charge is 0.188 e. The molecule has 1 unspecified atom stereocenters. The van der Waals surface area contributed by atoms with Gasteiger partial charge in [0.15, 0.2) is 5.96 Å². The maximum atomic E-state index is 6.03. The molecule has 3 rings (SSSR count). The lowest BCUT2D eigenvalue weighted by Gasteiger charge is -2.31. The van der Waals surface area contributed by atoms with Gasteiger partial charge in [-0.05, 0) is 56.9 Å². The fourth-order valence-electron chi connectivity index (χ4n) is 4.25. The maximum Gasteiger partial charge on any atom is 0.188 e. The molecule has 3 aliphatic rings. The zero-order chi connectivity index (χ0) is 15.2. The number of guanidine groups is 1. The molecule has 1 saturated heterocycles. The molecule has 0 amide bonds. The van der Waals surface area contributed by atoms with Gasteiger partial charge < -0.3 is 11.1 Å². The Labute approximate surface area is 135 Å². The number of rotatable bonds is 6. The van der Waals surface area contributed by atoms with Gasteiger partial charge in [-0.25, -0.2) is 0 Å². The number of hydrogen-bond donors (Lipinski definition) is 2. The summed E-state index contributed by atoms with van der Waals surface area (Å²) in [5.74, 6) is 2.41. The van der Waals surface area contributed by atoms with Crippen LogP contribution in [-0.4, -0.2) is 43.1 Å². The fourth-order valence-corrected chi connectivity index (χ4v) is 4.25. The minimum Gasteiger partial charge on any atom is -0.370 e. The van der Waals surface area contributed by atoms with Crippen molar-refractivity contribution in [3.05, 3.63) is 0 Å². The number of likely N-dealkylation sites (tertiary alicyclic amines) is 1. The van der Waals surface area contributed by atoms with Crippen LogP contribution in [0.15, 0.2) is 4.99 Å². The Morgan fingerprint density at radius 2 is 1.73 bits per heavy atom. The first-order chi connectivity index (χ1) is 10.8. The third-order valence-corrected chi connectivity index (χ3v) is 5.98. The van der Waals surface area contributed by atoms with Crippen molar-refractivity contribution in [1.29, 1.82) is 0 Å². The molecular formula is C18H34N4. The predicted octanol–water partition coefficient (Wildman–Crippen LogP) is 2.74. The molecule has 0 aromatic rings. The van der Waals surface area contributed by atoms with E-state index in [0.29, 0.717) is 12.0 Å². The summed E-state index contributed by atoms with van der Waals surface area (Å²) in [6.45, 7) is 4.50. The van der Waals surface area contributed by atoms with Gasteiger partial charge in [0.1, 0.15) is 0 Å². The van der Waals surface area contributed by atoms with Crippen molar-refractivity contribution >= 4 is 5.96 Å². The van der Waals surface area contributed by atoms with E-state index in [2.05, 4.69) is 15.2 Å². The first-order valence-electron chi connectivity index (χ1n) is 9.59. The lowest BCUT2D eigenvalue weighted by Crippen LogP contribution is -2.44. The van der Waals surface area contributed by atoms with E-state index in [1.54, 1.807) is 0 Å². The highest BCUT2D eigenvalue weighted by Crippen LogP contribution is 2.27. The van der Waals surface area contributed by atoms with Gasteiger partial charge in [-0.3, -0.25) is 9.89 Å². The van der Waals surface area contributed by atoms with Crippen molar-refractivity contribution in [1.82, 2.24) is 10.2 Å². The van der Waals surface area contributed by atoms with Crippen LogP contribution in [0, 0.1) is 11.8 Å². The van der Waals surface area contributed by atoms with E-state index >= 15 is 0 Å². The first-order valence-corrected chi connectivity index (χ1v) is 9.59. The minimum absolute atomic E-state index is 0.663. The Bertz CT molecular complexity index is 358. The lowest BCUT2D eigenvalue weighted by atomic mass is 9.86. The van der Waals surface area contributed by atoms with E-state index in [1.807, 2.05) is 0 Å². The van der Waals surface area contributed by atoms with E-state index in [9.17, 15) is 0 Å². The van der Waals surface area contributed by atoms with Crippen LogP contribution in [0.3, 0.4) is 0 Å². The van der Waals surface area contributed by atoms with Crippen LogP contribution in [0.5, 0.6) is 0 Å². The molecule has 0 bridgehead atoms. The Morgan fingerprint density at radius 3 is 2.45 bits per heavy atom. The standard InChI is InChI=1S/C18H34N4/c19-18(20-12-15-8-4-9-15)21-13-17-10-5-11-22(17)14-16-6-2-1-3-7-16/h15-17H,1-14H2,(H3,19,20,21). The Morgan fingerprint density at radius 1 is 0.955 bits per heavy atom. The zero-order valence-electron chi connectivity index (χ0n) is 14.1. The number of nitrogens with two attached hydrogens (primary N) is 1. The summed E-state index contributed by atoms with van der Waals surface area (Å²) in [7, 11) is 0. The molecule has 126 valence electrons. The fraction of sp³-hybridized carbons (Fsp3) is 0.944. The first kappa shape index (κ1) is 16.1. The van der Waals surface area contributed by atoms with E-state index in [-0.39, 0.29) is 0 Å². The quantitative estimate of drug-likeness (QED) is 0.586. The summed E-state index contributed by atoms with van der Waals surface area (Å²) in [4.78, 5) is 7.22. The number of hydrogen-bond acceptors (Lipinski definition) is 2. The zero-order valence-corrected chi connectivity index (χ0v) is 14.1. The molecule has 4 heteroatoms. The summed E-state index contributed by atoms with van der Waals surface area (Å²) in [6, 6.07) is 0.666. The molecule has 3 fully saturated rings. The van der Waals surface area contributed by atoms with Crippen molar-refractivity contribution in [3.63, 3.8) is 0 Å². The van der Waals surface area contributed by atoms with E-state index in [0.717, 1.165) is 24.9 Å². The van der Waals surface area contributed by atoms with Crippen LogP contribution in [0.2, 0.25) is 0 Å². The van der Waals surface area contributed by atoms with E-state index < -0.39 is 0 Å².